The highest BCUT2D eigenvalue weighted by Crippen LogP contribution is 2.52. The van der Waals surface area contributed by atoms with E-state index in [0.29, 0.717) is 61.5 Å². The molecular formula is C104H126N2O8. The zero-order valence-electron chi connectivity index (χ0n) is 71.1. The maximum absolute atomic E-state index is 12.3. The van der Waals surface area contributed by atoms with Crippen LogP contribution < -0.4 is 28.7 Å². The summed E-state index contributed by atoms with van der Waals surface area (Å²) in [7, 11) is 0. The molecule has 0 spiro atoms. The first-order valence-corrected chi connectivity index (χ1v) is 42.6. The van der Waals surface area contributed by atoms with E-state index in [1.165, 1.54) is 77.0 Å². The first-order valence-electron chi connectivity index (χ1n) is 42.6. The fourth-order valence-electron chi connectivity index (χ4n) is 17.0. The van der Waals surface area contributed by atoms with Gasteiger partial charge >= 0.3 is 0 Å². The van der Waals surface area contributed by atoms with Crippen LogP contribution in [-0.2, 0) is 0 Å². The lowest BCUT2D eigenvalue weighted by atomic mass is 9.83. The molecule has 0 aliphatic heterocycles. The average molecular weight is 1530 g/mol. The molecule has 1 aliphatic carbocycles. The maximum Gasteiger partial charge on any atom is 0.139 e. The van der Waals surface area contributed by atoms with Crippen LogP contribution in [0.25, 0.3) is 55.7 Å². The molecule has 10 nitrogen and oxygen atoms in total. The number of aliphatic hydroxyl groups is 2. The number of hydrogen-bond acceptors (Lipinski definition) is 10. The number of anilines is 6. The third-order valence-electron chi connectivity index (χ3n) is 23.8. The lowest BCUT2D eigenvalue weighted by molar-refractivity contribution is 0.233. The van der Waals surface area contributed by atoms with Gasteiger partial charge in [-0.05, 0) is 315 Å². The van der Waals surface area contributed by atoms with Gasteiger partial charge in [-0.1, -0.05) is 181 Å². The Labute approximate surface area is 682 Å². The van der Waals surface area contributed by atoms with Crippen LogP contribution in [0.2, 0.25) is 0 Å². The summed E-state index contributed by atoms with van der Waals surface area (Å²) >= 11 is 0. The van der Waals surface area contributed by atoms with Crippen molar-refractivity contribution in [3.8, 4) is 79.0 Å². The molecule has 114 heavy (non-hydrogen) atoms. The van der Waals surface area contributed by atoms with Crippen molar-refractivity contribution in [3.05, 3.63) is 249 Å². The summed E-state index contributed by atoms with van der Waals surface area (Å²) in [5.74, 6) is 4.89. The summed E-state index contributed by atoms with van der Waals surface area (Å²) < 4.78 is 25.8. The molecule has 0 aromatic heterocycles. The largest absolute Gasteiger partial charge is 0.507 e. The molecule has 600 valence electrons. The minimum Gasteiger partial charge on any atom is -0.507 e. The van der Waals surface area contributed by atoms with E-state index in [1.807, 2.05) is 12.1 Å². The number of allylic oxidation sites excluding steroid dienone is 2. The van der Waals surface area contributed by atoms with E-state index in [1.54, 1.807) is 24.3 Å². The van der Waals surface area contributed by atoms with Gasteiger partial charge in [-0.25, -0.2) is 0 Å². The number of aryl methyl sites for hydroxylation is 8. The smallest absolute Gasteiger partial charge is 0.139 e. The molecule has 0 heterocycles. The first-order chi connectivity index (χ1) is 55.1. The molecule has 0 saturated carbocycles. The third kappa shape index (κ3) is 19.9. The SMILES string of the molecule is CCCCC(CC)COc1cc(C)c(-c2ccc(N(c3ccc(-c4c(C)cc(OCC(CC)CCCC)cc4C)cc3)c3ccc(C4=C(O)C(c5ccc(N(c6ccc(-c7c(C)cc(OCC(CC)CCCC)cc7C)cc6)c6ccc(-c7c(C)cc(OCC(CC)CCCC)cc7C)cc6)cc5O)=C4O)c(O)c3)cc2)c(C)c1. The molecule has 0 fully saturated rings. The van der Waals surface area contributed by atoms with Gasteiger partial charge in [-0.15, -0.1) is 0 Å². The Hall–Kier alpha value is -10.3. The lowest BCUT2D eigenvalue weighted by Crippen LogP contribution is -2.13. The Morgan fingerprint density at radius 3 is 0.649 bits per heavy atom. The van der Waals surface area contributed by atoms with Crippen LogP contribution in [0.15, 0.2) is 194 Å². The molecule has 0 amide bonds. The normalized spacial score (nSPS) is 13.2. The van der Waals surface area contributed by atoms with Gasteiger partial charge in [0.2, 0.25) is 0 Å². The monoisotopic (exact) mass is 1530 g/mol. The second-order valence-corrected chi connectivity index (χ2v) is 32.3. The molecule has 0 saturated heterocycles. The number of unbranched alkanes of at least 4 members (excludes halogenated alkanes) is 4. The van der Waals surface area contributed by atoms with Crippen molar-refractivity contribution >= 4 is 45.3 Å². The number of aromatic hydroxyl groups is 2. The minimum absolute atomic E-state index is 0.0765. The molecule has 4 unspecified atom stereocenters. The lowest BCUT2D eigenvalue weighted by Gasteiger charge is -2.29. The standard InChI is InChI=1S/C104H126N2O8/c1-17-25-29-75(21-5)63-111-89-53-67(9)97(68(10)54-89)79-33-41-83(42-34-79)105(84-43-35-80(36-44-84)98-69(11)55-90(56-70(98)12)112-64-76(22-6)30-26-18-2)87-49-51-93(95(107)61-87)101-103(109)102(104(101)110)94-52-50-88(62-96(94)108)106(85-45-37-81(38-46-85)99-71(13)57-91(58-72(99)14)113-65-77(23-7)31-27-19-3)86-47-39-82(40-48-86)100-73(15)59-92(60-74(100)16)114-66-78(24-8)32-28-20-4/h33-62,75-78,107-110H,17-32,63-66H2,1-16H3. The topological polar surface area (TPSA) is 124 Å². The fraction of sp³-hybridized carbons (Fsp3) is 0.385. The van der Waals surface area contributed by atoms with Gasteiger partial charge in [-0.2, -0.15) is 0 Å². The number of rotatable bonds is 40. The third-order valence-corrected chi connectivity index (χ3v) is 23.8. The summed E-state index contributed by atoms with van der Waals surface area (Å²) in [6, 6.07) is 62.0. The van der Waals surface area contributed by atoms with Crippen molar-refractivity contribution < 1.29 is 39.4 Å². The van der Waals surface area contributed by atoms with Gasteiger partial charge < -0.3 is 49.2 Å². The number of phenolic OH excluding ortho intramolecular Hbond substituents is 2. The summed E-state index contributed by atoms with van der Waals surface area (Å²) in [6.07, 6.45) is 18.6. The Morgan fingerprint density at radius 1 is 0.263 bits per heavy atom. The van der Waals surface area contributed by atoms with Crippen LogP contribution in [-0.4, -0.2) is 46.9 Å². The van der Waals surface area contributed by atoms with Crippen LogP contribution >= 0.6 is 0 Å². The van der Waals surface area contributed by atoms with Crippen molar-refractivity contribution in [1.29, 1.82) is 0 Å². The second-order valence-electron chi connectivity index (χ2n) is 32.3. The van der Waals surface area contributed by atoms with E-state index < -0.39 is 0 Å². The number of phenols is 2. The van der Waals surface area contributed by atoms with Crippen molar-refractivity contribution in [1.82, 2.24) is 0 Å². The minimum atomic E-state index is -0.251. The number of aliphatic hydroxyl groups excluding tert-OH is 2. The van der Waals surface area contributed by atoms with Gasteiger partial charge in [0, 0.05) is 57.4 Å². The van der Waals surface area contributed by atoms with E-state index in [0.717, 1.165) is 160 Å². The number of hydrogen-bond donors (Lipinski definition) is 4. The fourth-order valence-corrected chi connectivity index (χ4v) is 17.0. The van der Waals surface area contributed by atoms with E-state index in [4.69, 9.17) is 18.9 Å². The second kappa shape index (κ2) is 39.6. The molecule has 10 heteroatoms. The highest BCUT2D eigenvalue weighted by molar-refractivity contribution is 6.08. The Morgan fingerprint density at radius 2 is 0.465 bits per heavy atom. The van der Waals surface area contributed by atoms with Crippen LogP contribution in [0.4, 0.5) is 34.1 Å². The van der Waals surface area contributed by atoms with Gasteiger partial charge in [0.1, 0.15) is 46.0 Å². The Bertz CT molecular complexity index is 4300. The molecule has 0 bridgehead atoms. The van der Waals surface area contributed by atoms with Crippen LogP contribution in [0.3, 0.4) is 0 Å². The van der Waals surface area contributed by atoms with Gasteiger partial charge in [0.25, 0.3) is 0 Å². The highest BCUT2D eigenvalue weighted by atomic mass is 16.5. The highest BCUT2D eigenvalue weighted by Gasteiger charge is 2.35. The number of benzene rings is 10. The van der Waals surface area contributed by atoms with Crippen molar-refractivity contribution in [2.45, 2.75) is 214 Å². The summed E-state index contributed by atoms with van der Waals surface area (Å²) in [5.41, 5.74) is 23.4. The van der Waals surface area contributed by atoms with E-state index in [-0.39, 0.29) is 45.3 Å². The molecule has 10 aromatic rings. The van der Waals surface area contributed by atoms with Gasteiger partial charge in [0.05, 0.1) is 37.6 Å². The maximum atomic E-state index is 12.3. The first kappa shape index (κ1) is 84.6. The predicted molar refractivity (Wildman–Crippen MR) is 480 cm³/mol. The molecule has 10 aromatic carbocycles. The summed E-state index contributed by atoms with van der Waals surface area (Å²) in [4.78, 5) is 4.22. The Kier molecular flexibility index (Phi) is 29.4. The molecule has 11 rings (SSSR count). The van der Waals surface area contributed by atoms with Crippen molar-refractivity contribution in [2.75, 3.05) is 36.2 Å². The zero-order chi connectivity index (χ0) is 81.3. The quantitative estimate of drug-likeness (QED) is 0.0295. The molecule has 4 atom stereocenters. The molecule has 1 aliphatic rings. The van der Waals surface area contributed by atoms with E-state index in [2.05, 4.69) is 266 Å². The van der Waals surface area contributed by atoms with E-state index in [9.17, 15) is 20.4 Å². The van der Waals surface area contributed by atoms with Gasteiger partial charge in [0.15, 0.2) is 0 Å². The van der Waals surface area contributed by atoms with Crippen molar-refractivity contribution in [3.63, 3.8) is 0 Å². The Balaban J connectivity index is 0.899. The number of ether oxygens (including phenoxy) is 4. The summed E-state index contributed by atoms with van der Waals surface area (Å²) in [5, 5.41) is 49.0. The predicted octanol–water partition coefficient (Wildman–Crippen LogP) is 29.8. The van der Waals surface area contributed by atoms with Crippen LogP contribution in [0, 0.1) is 79.1 Å². The molecule has 0 radical (unpaired) electrons. The van der Waals surface area contributed by atoms with Crippen LogP contribution in [0.5, 0.6) is 34.5 Å². The van der Waals surface area contributed by atoms with E-state index >= 15 is 0 Å². The zero-order valence-corrected chi connectivity index (χ0v) is 71.1. The number of nitrogens with zero attached hydrogens (tertiary/aromatic N) is 2. The van der Waals surface area contributed by atoms with Crippen molar-refractivity contribution in [2.24, 2.45) is 23.7 Å². The van der Waals surface area contributed by atoms with Crippen LogP contribution in [0.1, 0.15) is 214 Å². The molecular weight excluding hydrogens is 1410 g/mol. The molecule has 4 N–H and O–H groups in total. The summed E-state index contributed by atoms with van der Waals surface area (Å²) in [6.45, 7) is 38.0. The average Bonchev–Trinajstić information content (AvgIpc) is 0.732. The van der Waals surface area contributed by atoms with Gasteiger partial charge in [-0.3, -0.25) is 0 Å².